The van der Waals surface area contributed by atoms with Crippen molar-refractivity contribution in [2.45, 2.75) is 26.2 Å². The Morgan fingerprint density at radius 1 is 0.579 bits per heavy atom. The van der Waals surface area contributed by atoms with Crippen LogP contribution in [0.2, 0.25) is 0 Å². The third-order valence-electron chi connectivity index (χ3n) is 10.4. The van der Waals surface area contributed by atoms with Crippen molar-refractivity contribution in [1.82, 2.24) is 14.1 Å². The van der Waals surface area contributed by atoms with Crippen molar-refractivity contribution in [2.24, 2.45) is 0 Å². The molecule has 0 fully saturated rings. The molecular formula is C50H38N5OPd-3. The first-order valence-electron chi connectivity index (χ1n) is 18.9. The van der Waals surface area contributed by atoms with E-state index < -0.39 is 0 Å². The monoisotopic (exact) mass is 830 g/mol. The van der Waals surface area contributed by atoms with Gasteiger partial charge in [-0.2, -0.15) is 6.07 Å². The standard InChI is InChI=1S/C50H38N5O.Pd/c1-50(2,3)37-25-26-51-47(31-37)55-46-33-41(23-24-44(46)48-49(55)43-21-13-14-22-45(43)54(48)39-19-11-6-12-20-39)56-42-30-36(35-15-7-4-8-16-35)29-40(32-42)53-28-27-52(34-53)38-17-9-5-10-18-38;/h4-31,34H,1-3H3;/q-3;. The molecule has 0 amide bonds. The molecule has 57 heavy (non-hydrogen) atoms. The molecule has 0 bridgehead atoms. The molecule has 0 aliphatic carbocycles. The van der Waals surface area contributed by atoms with Crippen LogP contribution in [0.4, 0.5) is 11.4 Å². The van der Waals surface area contributed by atoms with Crippen LogP contribution in [0, 0.1) is 18.8 Å². The first-order chi connectivity index (χ1) is 27.4. The molecule has 7 heteroatoms. The van der Waals surface area contributed by atoms with Crippen LogP contribution in [0.5, 0.6) is 11.5 Å². The van der Waals surface area contributed by atoms with E-state index in [0.717, 1.165) is 66.8 Å². The molecular weight excluding hydrogens is 793 g/mol. The van der Waals surface area contributed by atoms with E-state index in [1.807, 2.05) is 55.0 Å². The third-order valence-corrected chi connectivity index (χ3v) is 10.4. The van der Waals surface area contributed by atoms with Gasteiger partial charge in [0.15, 0.2) is 0 Å². The van der Waals surface area contributed by atoms with E-state index in [2.05, 4.69) is 174 Å². The zero-order valence-corrected chi connectivity index (χ0v) is 33.3. The van der Waals surface area contributed by atoms with Gasteiger partial charge in [-0.25, -0.2) is 4.98 Å². The summed E-state index contributed by atoms with van der Waals surface area (Å²) in [5.74, 6) is 2.01. The van der Waals surface area contributed by atoms with Gasteiger partial charge >= 0.3 is 0 Å². The zero-order valence-electron chi connectivity index (χ0n) is 31.7. The molecule has 6 nitrogen and oxygen atoms in total. The Kier molecular flexibility index (Phi) is 9.29. The van der Waals surface area contributed by atoms with Crippen molar-refractivity contribution in [1.29, 1.82) is 0 Å². The second kappa shape index (κ2) is 14.6. The van der Waals surface area contributed by atoms with E-state index >= 15 is 0 Å². The fraction of sp³-hybridized carbons (Fsp3) is 0.0800. The summed E-state index contributed by atoms with van der Waals surface area (Å²) in [6, 6.07) is 59.8. The molecule has 6 aromatic carbocycles. The molecule has 0 saturated carbocycles. The smallest absolute Gasteiger partial charge is 0.135 e. The minimum Gasteiger partial charge on any atom is -0.509 e. The molecule has 0 unspecified atom stereocenters. The minimum atomic E-state index is -0.0623. The Morgan fingerprint density at radius 3 is 2.00 bits per heavy atom. The molecule has 10 rings (SSSR count). The SMILES string of the molecule is CC(C)(C)c1ccnc(-n2c3[c-]c(Oc4[c-]c(N5C=CN(c6ccccc6)[CH-]5)cc(-c5ccccc5)c4)ccc3c3c2c2ccccc2n3-c2ccccc2)c1.[Pd]. The number of fused-ring (bicyclic) bond motifs is 5. The first kappa shape index (κ1) is 36.3. The zero-order chi connectivity index (χ0) is 37.8. The predicted molar refractivity (Wildman–Crippen MR) is 229 cm³/mol. The summed E-state index contributed by atoms with van der Waals surface area (Å²) in [7, 11) is 0. The number of rotatable bonds is 7. The van der Waals surface area contributed by atoms with Crippen LogP contribution in [0.25, 0.3) is 55.5 Å². The Morgan fingerprint density at radius 2 is 1.25 bits per heavy atom. The molecule has 0 radical (unpaired) electrons. The summed E-state index contributed by atoms with van der Waals surface area (Å²) < 4.78 is 11.4. The maximum Gasteiger partial charge on any atom is 0.135 e. The van der Waals surface area contributed by atoms with Gasteiger partial charge in [0.1, 0.15) is 5.82 Å². The first-order valence-corrected chi connectivity index (χ1v) is 18.9. The normalized spacial score (nSPS) is 12.8. The molecule has 0 N–H and O–H groups in total. The number of aromatic nitrogens is 3. The molecule has 3 aromatic heterocycles. The van der Waals surface area contributed by atoms with E-state index in [0.29, 0.717) is 11.5 Å². The number of para-hydroxylation sites is 3. The fourth-order valence-electron chi connectivity index (χ4n) is 7.67. The maximum atomic E-state index is 6.77. The summed E-state index contributed by atoms with van der Waals surface area (Å²) >= 11 is 0. The number of benzene rings is 6. The van der Waals surface area contributed by atoms with Gasteiger partial charge < -0.3 is 23.7 Å². The van der Waals surface area contributed by atoms with E-state index in [4.69, 9.17) is 9.72 Å². The molecule has 0 saturated heterocycles. The Labute approximate surface area is 346 Å². The molecule has 0 atom stereocenters. The van der Waals surface area contributed by atoms with Crippen molar-refractivity contribution in [3.63, 3.8) is 0 Å². The summed E-state index contributed by atoms with van der Waals surface area (Å²) in [6.45, 7) is 8.76. The Balaban J connectivity index is 0.00000422. The van der Waals surface area contributed by atoms with Crippen molar-refractivity contribution in [3.8, 4) is 34.1 Å². The van der Waals surface area contributed by atoms with Crippen LogP contribution in [0.15, 0.2) is 170 Å². The summed E-state index contributed by atoms with van der Waals surface area (Å²) in [4.78, 5) is 9.16. The number of hydrogen-bond acceptors (Lipinski definition) is 4. The quantitative estimate of drug-likeness (QED) is 0.118. The van der Waals surface area contributed by atoms with E-state index in [1.54, 1.807) is 0 Å². The predicted octanol–water partition coefficient (Wildman–Crippen LogP) is 12.4. The van der Waals surface area contributed by atoms with Gasteiger partial charge in [-0.3, -0.25) is 0 Å². The Hall–Kier alpha value is -6.39. The van der Waals surface area contributed by atoms with Crippen LogP contribution in [0.3, 0.4) is 0 Å². The van der Waals surface area contributed by atoms with Gasteiger partial charge in [0.05, 0.1) is 11.0 Å². The van der Waals surface area contributed by atoms with Crippen molar-refractivity contribution in [3.05, 3.63) is 195 Å². The van der Waals surface area contributed by atoms with Crippen LogP contribution in [-0.2, 0) is 25.8 Å². The largest absolute Gasteiger partial charge is 0.509 e. The van der Waals surface area contributed by atoms with Gasteiger partial charge in [-0.1, -0.05) is 117 Å². The van der Waals surface area contributed by atoms with Crippen molar-refractivity contribution >= 4 is 44.2 Å². The molecule has 0 spiro atoms. The summed E-state index contributed by atoms with van der Waals surface area (Å²) in [6.07, 6.45) is 6.01. The van der Waals surface area contributed by atoms with Crippen LogP contribution in [-0.4, -0.2) is 14.1 Å². The van der Waals surface area contributed by atoms with Gasteiger partial charge in [-0.05, 0) is 71.4 Å². The van der Waals surface area contributed by atoms with Crippen LogP contribution < -0.4 is 14.5 Å². The van der Waals surface area contributed by atoms with Gasteiger partial charge in [0.25, 0.3) is 0 Å². The number of ether oxygens (including phenoxy) is 1. The molecule has 1 aliphatic heterocycles. The summed E-state index contributed by atoms with van der Waals surface area (Å²) in [5.41, 5.74) is 10.5. The van der Waals surface area contributed by atoms with Gasteiger partial charge in [0.2, 0.25) is 0 Å². The molecule has 282 valence electrons. The average molecular weight is 831 g/mol. The second-order valence-electron chi connectivity index (χ2n) is 15.1. The van der Waals surface area contributed by atoms with Crippen molar-refractivity contribution < 1.29 is 25.2 Å². The van der Waals surface area contributed by atoms with E-state index in [1.165, 1.54) is 5.56 Å². The molecule has 4 heterocycles. The third kappa shape index (κ3) is 6.59. The maximum absolute atomic E-state index is 6.77. The second-order valence-corrected chi connectivity index (χ2v) is 15.1. The van der Waals surface area contributed by atoms with Crippen LogP contribution in [0.1, 0.15) is 26.3 Å². The van der Waals surface area contributed by atoms with Gasteiger partial charge in [0, 0.05) is 60.4 Å². The van der Waals surface area contributed by atoms with Gasteiger partial charge in [-0.15, -0.1) is 48.3 Å². The Bertz CT molecular complexity index is 2910. The topological polar surface area (TPSA) is 38.5 Å². The molecule has 9 aromatic rings. The van der Waals surface area contributed by atoms with E-state index in [9.17, 15) is 0 Å². The summed E-state index contributed by atoms with van der Waals surface area (Å²) in [5, 5.41) is 2.19. The van der Waals surface area contributed by atoms with E-state index in [-0.39, 0.29) is 25.8 Å². The minimum absolute atomic E-state index is 0. The number of nitrogens with zero attached hydrogens (tertiary/aromatic N) is 5. The fourth-order valence-corrected chi connectivity index (χ4v) is 7.67. The number of hydrogen-bond donors (Lipinski definition) is 0. The number of anilines is 2. The molecule has 1 aliphatic rings. The number of pyridine rings is 1. The van der Waals surface area contributed by atoms with Crippen molar-refractivity contribution in [2.75, 3.05) is 9.80 Å². The average Bonchev–Trinajstić information content (AvgIpc) is 3.95. The van der Waals surface area contributed by atoms with Crippen LogP contribution >= 0.6 is 0 Å².